The van der Waals surface area contributed by atoms with Crippen LogP contribution in [0, 0.1) is 0 Å². The Morgan fingerprint density at radius 3 is 2.30 bits per heavy atom. The SMILES string of the molecule is CCC(=C/C(Cc1cc(CC)ccc1O)=C(\C)O)CC. The first-order valence-electron chi connectivity index (χ1n) is 7.40. The zero-order valence-corrected chi connectivity index (χ0v) is 13.0. The van der Waals surface area contributed by atoms with E-state index in [0.29, 0.717) is 17.9 Å². The van der Waals surface area contributed by atoms with Gasteiger partial charge in [-0.2, -0.15) is 0 Å². The second-order valence-electron chi connectivity index (χ2n) is 5.11. The molecular formula is C18H26O2. The molecule has 0 unspecified atom stereocenters. The van der Waals surface area contributed by atoms with Crippen LogP contribution in [0.1, 0.15) is 51.7 Å². The molecule has 0 amide bonds. The average molecular weight is 274 g/mol. The summed E-state index contributed by atoms with van der Waals surface area (Å²) in [5.74, 6) is 0.620. The maximum Gasteiger partial charge on any atom is 0.119 e. The minimum atomic E-state index is 0.295. The lowest BCUT2D eigenvalue weighted by atomic mass is 9.97. The summed E-state index contributed by atoms with van der Waals surface area (Å²) in [6, 6.07) is 5.69. The van der Waals surface area contributed by atoms with Crippen LogP contribution in [-0.2, 0) is 12.8 Å². The Labute approximate surface area is 122 Å². The van der Waals surface area contributed by atoms with Gasteiger partial charge in [-0.15, -0.1) is 0 Å². The molecular weight excluding hydrogens is 248 g/mol. The smallest absolute Gasteiger partial charge is 0.119 e. The fraction of sp³-hybridized carbons (Fsp3) is 0.444. The van der Waals surface area contributed by atoms with Crippen molar-refractivity contribution in [1.82, 2.24) is 0 Å². The molecule has 20 heavy (non-hydrogen) atoms. The molecule has 0 spiro atoms. The van der Waals surface area contributed by atoms with E-state index >= 15 is 0 Å². The Hall–Kier alpha value is -1.70. The second-order valence-corrected chi connectivity index (χ2v) is 5.11. The molecule has 110 valence electrons. The van der Waals surface area contributed by atoms with Gasteiger partial charge in [0.15, 0.2) is 0 Å². The standard InChI is InChI=1S/C18H26O2/c1-5-14(6-2)10-16(13(4)19)12-17-11-15(7-3)8-9-18(17)20/h8-11,19-20H,5-7,12H2,1-4H3/b16-13-. The molecule has 0 aliphatic heterocycles. The van der Waals surface area contributed by atoms with E-state index in [0.717, 1.165) is 30.4 Å². The van der Waals surface area contributed by atoms with Gasteiger partial charge in [-0.3, -0.25) is 0 Å². The Kier molecular flexibility index (Phi) is 6.37. The van der Waals surface area contributed by atoms with Crippen LogP contribution in [0.4, 0.5) is 0 Å². The second kappa shape index (κ2) is 7.78. The lowest BCUT2D eigenvalue weighted by molar-refractivity contribution is 0.407. The highest BCUT2D eigenvalue weighted by Crippen LogP contribution is 2.24. The predicted molar refractivity (Wildman–Crippen MR) is 85.2 cm³/mol. The molecule has 0 aliphatic rings. The van der Waals surface area contributed by atoms with Crippen molar-refractivity contribution in [3.8, 4) is 5.75 Å². The van der Waals surface area contributed by atoms with E-state index in [1.165, 1.54) is 11.1 Å². The minimum Gasteiger partial charge on any atom is -0.512 e. The van der Waals surface area contributed by atoms with E-state index in [1.54, 1.807) is 13.0 Å². The molecule has 0 saturated carbocycles. The number of phenolic OH excluding ortho intramolecular Hbond substituents is 1. The quantitative estimate of drug-likeness (QED) is 0.561. The minimum absolute atomic E-state index is 0.295. The van der Waals surface area contributed by atoms with Gasteiger partial charge in [0.25, 0.3) is 0 Å². The van der Waals surface area contributed by atoms with Gasteiger partial charge in [0, 0.05) is 6.42 Å². The molecule has 0 bridgehead atoms. The predicted octanol–water partition coefficient (Wildman–Crippen LogP) is 5.08. The molecule has 0 fully saturated rings. The van der Waals surface area contributed by atoms with E-state index in [-0.39, 0.29) is 0 Å². The van der Waals surface area contributed by atoms with Crippen LogP contribution >= 0.6 is 0 Å². The largest absolute Gasteiger partial charge is 0.512 e. The summed E-state index contributed by atoms with van der Waals surface area (Å²) >= 11 is 0. The summed E-state index contributed by atoms with van der Waals surface area (Å²) in [4.78, 5) is 0. The zero-order valence-electron chi connectivity index (χ0n) is 13.0. The number of allylic oxidation sites excluding steroid dienone is 4. The molecule has 2 heteroatoms. The molecule has 0 atom stereocenters. The number of aromatic hydroxyl groups is 1. The Balaban J connectivity index is 3.10. The molecule has 1 aromatic carbocycles. The maximum absolute atomic E-state index is 9.98. The third kappa shape index (κ3) is 4.44. The van der Waals surface area contributed by atoms with E-state index in [9.17, 15) is 10.2 Å². The number of hydrogen-bond acceptors (Lipinski definition) is 2. The zero-order chi connectivity index (χ0) is 15.1. The van der Waals surface area contributed by atoms with Crippen molar-refractivity contribution < 1.29 is 10.2 Å². The summed E-state index contributed by atoms with van der Waals surface area (Å²) in [6.45, 7) is 8.04. The van der Waals surface area contributed by atoms with Crippen molar-refractivity contribution in [3.63, 3.8) is 0 Å². The molecule has 0 radical (unpaired) electrons. The van der Waals surface area contributed by atoms with Crippen LogP contribution < -0.4 is 0 Å². The first kappa shape index (κ1) is 16.4. The van der Waals surface area contributed by atoms with Gasteiger partial charge in [0.05, 0.1) is 5.76 Å². The van der Waals surface area contributed by atoms with E-state index in [2.05, 4.69) is 26.8 Å². The highest BCUT2D eigenvalue weighted by molar-refractivity contribution is 5.41. The van der Waals surface area contributed by atoms with Crippen LogP contribution in [0.2, 0.25) is 0 Å². The third-order valence-electron chi connectivity index (χ3n) is 3.68. The topological polar surface area (TPSA) is 40.5 Å². The van der Waals surface area contributed by atoms with Gasteiger partial charge in [-0.05, 0) is 49.0 Å². The lowest BCUT2D eigenvalue weighted by Crippen LogP contribution is -1.96. The van der Waals surface area contributed by atoms with Crippen LogP contribution in [0.25, 0.3) is 0 Å². The van der Waals surface area contributed by atoms with E-state index < -0.39 is 0 Å². The molecule has 0 aliphatic carbocycles. The van der Waals surface area contributed by atoms with E-state index in [1.807, 2.05) is 12.1 Å². The number of benzene rings is 1. The first-order valence-corrected chi connectivity index (χ1v) is 7.40. The van der Waals surface area contributed by atoms with Gasteiger partial charge in [0.2, 0.25) is 0 Å². The number of aliphatic hydroxyl groups excluding tert-OH is 1. The monoisotopic (exact) mass is 274 g/mol. The fourth-order valence-corrected chi connectivity index (χ4v) is 2.19. The summed E-state index contributed by atoms with van der Waals surface area (Å²) in [6.07, 6.45) is 5.52. The van der Waals surface area contributed by atoms with Crippen molar-refractivity contribution >= 4 is 0 Å². The van der Waals surface area contributed by atoms with E-state index in [4.69, 9.17) is 0 Å². The maximum atomic E-state index is 9.98. The van der Waals surface area contributed by atoms with Crippen molar-refractivity contribution in [2.45, 2.75) is 53.4 Å². The van der Waals surface area contributed by atoms with Crippen LogP contribution in [0.5, 0.6) is 5.75 Å². The van der Waals surface area contributed by atoms with Crippen molar-refractivity contribution in [1.29, 1.82) is 0 Å². The summed E-state index contributed by atoms with van der Waals surface area (Å²) in [5, 5.41) is 19.9. The first-order chi connectivity index (χ1) is 9.51. The normalized spacial score (nSPS) is 12.0. The average Bonchev–Trinajstić information content (AvgIpc) is 2.45. The van der Waals surface area contributed by atoms with Crippen LogP contribution in [0.3, 0.4) is 0 Å². The number of phenols is 1. The summed E-state index contributed by atoms with van der Waals surface area (Å²) < 4.78 is 0. The summed E-state index contributed by atoms with van der Waals surface area (Å²) in [7, 11) is 0. The van der Waals surface area contributed by atoms with Crippen LogP contribution in [0.15, 0.2) is 41.2 Å². The van der Waals surface area contributed by atoms with Crippen molar-refractivity contribution in [2.24, 2.45) is 0 Å². The molecule has 1 aromatic rings. The molecule has 1 rings (SSSR count). The third-order valence-corrected chi connectivity index (χ3v) is 3.68. The van der Waals surface area contributed by atoms with Crippen LogP contribution in [-0.4, -0.2) is 10.2 Å². The van der Waals surface area contributed by atoms with Crippen molar-refractivity contribution in [2.75, 3.05) is 0 Å². The highest BCUT2D eigenvalue weighted by atomic mass is 16.3. The number of aryl methyl sites for hydroxylation is 1. The number of aliphatic hydroxyl groups is 1. The number of hydrogen-bond donors (Lipinski definition) is 2. The lowest BCUT2D eigenvalue weighted by Gasteiger charge is -2.10. The Bertz CT molecular complexity index is 500. The highest BCUT2D eigenvalue weighted by Gasteiger charge is 2.08. The summed E-state index contributed by atoms with van der Waals surface area (Å²) in [5.41, 5.74) is 4.25. The van der Waals surface area contributed by atoms with Gasteiger partial charge in [-0.25, -0.2) is 0 Å². The molecule has 2 nitrogen and oxygen atoms in total. The molecule has 0 saturated heterocycles. The fourth-order valence-electron chi connectivity index (χ4n) is 2.19. The van der Waals surface area contributed by atoms with Gasteiger partial charge >= 0.3 is 0 Å². The molecule has 0 heterocycles. The molecule has 2 N–H and O–H groups in total. The Morgan fingerprint density at radius 2 is 1.80 bits per heavy atom. The number of rotatable bonds is 6. The van der Waals surface area contributed by atoms with Gasteiger partial charge < -0.3 is 10.2 Å². The Morgan fingerprint density at radius 1 is 1.15 bits per heavy atom. The van der Waals surface area contributed by atoms with Gasteiger partial charge in [0.1, 0.15) is 5.75 Å². The van der Waals surface area contributed by atoms with Gasteiger partial charge in [-0.1, -0.05) is 44.6 Å². The van der Waals surface area contributed by atoms with Crippen molar-refractivity contribution in [3.05, 3.63) is 52.3 Å². The molecule has 0 aromatic heterocycles.